The molecule has 0 bridgehead atoms. The maximum atomic E-state index is 12.9. The number of fused-ring (bicyclic) bond motifs is 2. The molecule has 0 spiro atoms. The first kappa shape index (κ1) is 20.8. The predicted molar refractivity (Wildman–Crippen MR) is 118 cm³/mol. The van der Waals surface area contributed by atoms with Gasteiger partial charge in [0.25, 0.3) is 11.8 Å². The second-order valence-corrected chi connectivity index (χ2v) is 9.51. The summed E-state index contributed by atoms with van der Waals surface area (Å²) in [5.74, 6) is -0.876. The molecule has 0 aliphatic carbocycles. The Kier molecular flexibility index (Phi) is 5.04. The van der Waals surface area contributed by atoms with E-state index in [1.165, 1.54) is 0 Å². The Bertz CT molecular complexity index is 1100. The van der Waals surface area contributed by atoms with Crippen LogP contribution in [0.1, 0.15) is 44.7 Å². The molecule has 0 unspecified atom stereocenters. The van der Waals surface area contributed by atoms with Crippen LogP contribution in [-0.4, -0.2) is 58.4 Å². The van der Waals surface area contributed by atoms with Gasteiger partial charge in [-0.1, -0.05) is 42.0 Å². The molecule has 2 aromatic rings. The maximum Gasteiger partial charge on any atom is 0.329 e. The molecule has 3 amide bonds. The highest BCUT2D eigenvalue weighted by atomic mass is 32.2. The van der Waals surface area contributed by atoms with Crippen molar-refractivity contribution < 1.29 is 23.9 Å². The third-order valence-corrected chi connectivity index (χ3v) is 7.94. The van der Waals surface area contributed by atoms with Crippen LogP contribution < -0.4 is 0 Å². The van der Waals surface area contributed by atoms with Gasteiger partial charge in [-0.25, -0.2) is 4.79 Å². The maximum absolute atomic E-state index is 12.9. The highest BCUT2D eigenvalue weighted by Gasteiger charge is 2.57. The third-order valence-electron chi connectivity index (χ3n) is 6.34. The monoisotopic (exact) mass is 450 g/mol. The molecule has 3 aliphatic rings. The molecule has 0 saturated carbocycles. The lowest BCUT2D eigenvalue weighted by Gasteiger charge is -2.33. The van der Waals surface area contributed by atoms with Gasteiger partial charge >= 0.3 is 5.97 Å². The molecule has 3 heterocycles. The quantitative estimate of drug-likeness (QED) is 0.515. The lowest BCUT2D eigenvalue weighted by atomic mass is 10.0. The number of rotatable bonds is 5. The number of carbonyl (C=O) groups excluding carboxylic acids is 4. The van der Waals surface area contributed by atoms with Gasteiger partial charge in [0.1, 0.15) is 17.5 Å². The first-order valence-electron chi connectivity index (χ1n) is 10.6. The van der Waals surface area contributed by atoms with E-state index in [-0.39, 0.29) is 30.9 Å². The van der Waals surface area contributed by atoms with Gasteiger partial charge < -0.3 is 9.64 Å². The van der Waals surface area contributed by atoms with Crippen molar-refractivity contribution in [2.45, 2.75) is 30.7 Å². The molecule has 3 aliphatic heterocycles. The molecule has 7 nitrogen and oxygen atoms in total. The first-order chi connectivity index (χ1) is 15.4. The fourth-order valence-electron chi connectivity index (χ4n) is 4.71. The summed E-state index contributed by atoms with van der Waals surface area (Å²) in [5, 5.41) is 0. The van der Waals surface area contributed by atoms with Crippen LogP contribution in [0.2, 0.25) is 0 Å². The van der Waals surface area contributed by atoms with Gasteiger partial charge in [0, 0.05) is 12.2 Å². The average Bonchev–Trinajstić information content (AvgIpc) is 3.42. The Morgan fingerprint density at radius 3 is 2.38 bits per heavy atom. The van der Waals surface area contributed by atoms with Gasteiger partial charge in [-0.05, 0) is 31.0 Å². The minimum atomic E-state index is -0.682. The molecule has 0 radical (unpaired) electrons. The molecule has 164 valence electrons. The topological polar surface area (TPSA) is 84.0 Å². The SMILES string of the molecule is Cc1ccc([C@@]23CCC(=O)N2[C@H](C(=O)OCCN2C(=O)c4ccccc4C2=O)CS3)cc1. The fraction of sp³-hybridized carbons (Fsp3) is 0.333. The van der Waals surface area contributed by atoms with Crippen molar-refractivity contribution in [2.75, 3.05) is 18.9 Å². The van der Waals surface area contributed by atoms with Crippen LogP contribution >= 0.6 is 11.8 Å². The number of ether oxygens (including phenoxy) is 1. The van der Waals surface area contributed by atoms with E-state index in [0.717, 1.165) is 16.0 Å². The van der Waals surface area contributed by atoms with Crippen molar-refractivity contribution in [2.24, 2.45) is 0 Å². The average molecular weight is 451 g/mol. The lowest BCUT2D eigenvalue weighted by molar-refractivity contribution is -0.154. The Morgan fingerprint density at radius 2 is 1.72 bits per heavy atom. The number of imide groups is 1. The minimum Gasteiger partial charge on any atom is -0.462 e. The van der Waals surface area contributed by atoms with Crippen LogP contribution in [0.25, 0.3) is 0 Å². The summed E-state index contributed by atoms with van der Waals surface area (Å²) in [6.45, 7) is 1.88. The third kappa shape index (κ3) is 3.12. The lowest BCUT2D eigenvalue weighted by Crippen LogP contribution is -2.47. The summed E-state index contributed by atoms with van der Waals surface area (Å²) in [5.41, 5.74) is 2.87. The second kappa shape index (κ2) is 7.78. The number of benzene rings is 2. The number of nitrogens with zero attached hydrogens (tertiary/aromatic N) is 2. The zero-order valence-electron chi connectivity index (χ0n) is 17.6. The van der Waals surface area contributed by atoms with E-state index in [1.807, 2.05) is 31.2 Å². The number of thioether (sulfide) groups is 1. The largest absolute Gasteiger partial charge is 0.462 e. The summed E-state index contributed by atoms with van der Waals surface area (Å²) in [4.78, 5) is 52.8. The molecule has 0 aromatic heterocycles. The van der Waals surface area contributed by atoms with E-state index in [2.05, 4.69) is 0 Å². The van der Waals surface area contributed by atoms with Gasteiger partial charge in [0.15, 0.2) is 0 Å². The molecular formula is C24H22N2O5S. The summed E-state index contributed by atoms with van der Waals surface area (Å²) in [7, 11) is 0. The van der Waals surface area contributed by atoms with Crippen LogP contribution in [0.5, 0.6) is 0 Å². The fourth-order valence-corrected chi connectivity index (χ4v) is 6.34. The smallest absolute Gasteiger partial charge is 0.329 e. The van der Waals surface area contributed by atoms with E-state index in [0.29, 0.717) is 29.7 Å². The molecule has 5 rings (SSSR count). The molecule has 0 N–H and O–H groups in total. The van der Waals surface area contributed by atoms with Crippen LogP contribution in [-0.2, 0) is 19.2 Å². The second-order valence-electron chi connectivity index (χ2n) is 8.22. The molecule has 8 heteroatoms. The zero-order chi connectivity index (χ0) is 22.5. The molecule has 2 saturated heterocycles. The summed E-state index contributed by atoms with van der Waals surface area (Å²) < 4.78 is 5.45. The Morgan fingerprint density at radius 1 is 1.06 bits per heavy atom. The Hall–Kier alpha value is -3.13. The molecular weight excluding hydrogens is 428 g/mol. The van der Waals surface area contributed by atoms with E-state index in [4.69, 9.17) is 4.74 Å². The number of carbonyl (C=O) groups is 4. The number of hydrogen-bond donors (Lipinski definition) is 0. The van der Waals surface area contributed by atoms with E-state index >= 15 is 0 Å². The summed E-state index contributed by atoms with van der Waals surface area (Å²) in [6, 6.07) is 14.0. The van der Waals surface area contributed by atoms with Crippen molar-refractivity contribution >= 4 is 35.5 Å². The van der Waals surface area contributed by atoms with Crippen molar-refractivity contribution in [3.05, 3.63) is 70.8 Å². The van der Waals surface area contributed by atoms with Gasteiger partial charge in [-0.2, -0.15) is 0 Å². The Labute approximate surface area is 189 Å². The number of esters is 1. The van der Waals surface area contributed by atoms with E-state index < -0.39 is 16.9 Å². The van der Waals surface area contributed by atoms with Gasteiger partial charge in [-0.15, -0.1) is 11.8 Å². The molecule has 32 heavy (non-hydrogen) atoms. The van der Waals surface area contributed by atoms with Crippen LogP contribution in [0.15, 0.2) is 48.5 Å². The van der Waals surface area contributed by atoms with Gasteiger partial charge in [0.2, 0.25) is 5.91 Å². The van der Waals surface area contributed by atoms with Crippen LogP contribution in [0.4, 0.5) is 0 Å². The summed E-state index contributed by atoms with van der Waals surface area (Å²) >= 11 is 1.60. The minimum absolute atomic E-state index is 0.0188. The van der Waals surface area contributed by atoms with Crippen LogP contribution in [0, 0.1) is 6.92 Å². The highest BCUT2D eigenvalue weighted by Crippen LogP contribution is 2.54. The van der Waals surface area contributed by atoms with Crippen molar-refractivity contribution in [1.29, 1.82) is 0 Å². The normalized spacial score (nSPS) is 24.2. The van der Waals surface area contributed by atoms with Gasteiger partial charge in [0.05, 0.1) is 17.7 Å². The number of amides is 3. The van der Waals surface area contributed by atoms with E-state index in [1.54, 1.807) is 40.9 Å². The van der Waals surface area contributed by atoms with E-state index in [9.17, 15) is 19.2 Å². The van der Waals surface area contributed by atoms with Crippen molar-refractivity contribution in [3.8, 4) is 0 Å². The molecule has 2 aromatic carbocycles. The van der Waals surface area contributed by atoms with Gasteiger partial charge in [-0.3, -0.25) is 19.3 Å². The molecule has 2 atom stereocenters. The van der Waals surface area contributed by atoms with Crippen molar-refractivity contribution in [1.82, 2.24) is 9.80 Å². The van der Waals surface area contributed by atoms with Crippen LogP contribution in [0.3, 0.4) is 0 Å². The predicted octanol–water partition coefficient (Wildman–Crippen LogP) is 2.73. The number of hydrogen-bond acceptors (Lipinski definition) is 6. The standard InChI is InChI=1S/C24H22N2O5S/c1-15-6-8-16(9-7-15)24-11-10-20(27)26(24)19(14-32-24)23(30)31-13-12-25-21(28)17-4-2-3-5-18(17)22(25)29/h2-9,19H,10-14H2,1H3/t19-,24-/m0/s1. The number of aryl methyl sites for hydroxylation is 1. The summed E-state index contributed by atoms with van der Waals surface area (Å²) in [6.07, 6.45) is 1.04. The first-order valence-corrected chi connectivity index (χ1v) is 11.6. The zero-order valence-corrected chi connectivity index (χ0v) is 18.4. The highest BCUT2D eigenvalue weighted by molar-refractivity contribution is 8.00. The van der Waals surface area contributed by atoms with Crippen molar-refractivity contribution in [3.63, 3.8) is 0 Å². The molecule has 2 fully saturated rings. The Balaban J connectivity index is 1.26.